The number of piperidine rings is 1. The van der Waals surface area contributed by atoms with Gasteiger partial charge in [0.2, 0.25) is 0 Å². The average Bonchev–Trinajstić information content (AvgIpc) is 2.61. The molecular weight excluding hydrogens is 315 g/mol. The third-order valence-electron chi connectivity index (χ3n) is 6.14. The van der Waals surface area contributed by atoms with Crippen molar-refractivity contribution >= 4 is 5.69 Å². The highest BCUT2D eigenvalue weighted by atomic mass is 19.1. The van der Waals surface area contributed by atoms with Gasteiger partial charge in [0, 0.05) is 18.3 Å². The summed E-state index contributed by atoms with van der Waals surface area (Å²) in [6, 6.07) is 4.17. The predicted octanol–water partition coefficient (Wildman–Crippen LogP) is 4.32. The van der Waals surface area contributed by atoms with Crippen LogP contribution in [0.3, 0.4) is 0 Å². The van der Waals surface area contributed by atoms with Gasteiger partial charge < -0.3 is 15.4 Å². The molecule has 0 aromatic heterocycles. The number of nitrogen functional groups attached to an aromatic ring is 1. The molecule has 1 heterocycles. The third-order valence-corrected chi connectivity index (χ3v) is 6.14. The molecule has 2 fully saturated rings. The fourth-order valence-electron chi connectivity index (χ4n) is 4.58. The van der Waals surface area contributed by atoms with Crippen LogP contribution < -0.4 is 5.73 Å². The van der Waals surface area contributed by atoms with Crippen LogP contribution in [-0.4, -0.2) is 36.7 Å². The van der Waals surface area contributed by atoms with E-state index in [1.54, 1.807) is 0 Å². The molecule has 3 rings (SSSR count). The molecule has 2 aliphatic rings. The maximum Gasteiger partial charge on any atom is 0.128 e. The van der Waals surface area contributed by atoms with Gasteiger partial charge in [0.05, 0.1) is 6.10 Å². The summed E-state index contributed by atoms with van der Waals surface area (Å²) < 4.78 is 19.3. The third kappa shape index (κ3) is 4.73. The van der Waals surface area contributed by atoms with Crippen molar-refractivity contribution < 1.29 is 9.13 Å². The van der Waals surface area contributed by atoms with Gasteiger partial charge in [0.15, 0.2) is 0 Å². The van der Waals surface area contributed by atoms with Crippen molar-refractivity contribution in [2.45, 2.75) is 70.9 Å². The zero-order valence-electron chi connectivity index (χ0n) is 15.8. The zero-order chi connectivity index (χ0) is 17.8. The standard InChI is InChI=1S/C21H33FN2O/c1-3-25-19-6-4-18(5-7-19)24-10-8-16(9-11-24)13-17-12-15(2)20(22)14-21(17)23/h12,14,16,18-19H,3-11,13,23H2,1-2H3. The number of nitrogens with two attached hydrogens (primary N) is 1. The quantitative estimate of drug-likeness (QED) is 0.806. The summed E-state index contributed by atoms with van der Waals surface area (Å²) >= 11 is 0. The van der Waals surface area contributed by atoms with Crippen LogP contribution in [0.25, 0.3) is 0 Å². The molecule has 1 aliphatic carbocycles. The molecule has 0 spiro atoms. The number of likely N-dealkylation sites (tertiary alicyclic amines) is 1. The van der Waals surface area contributed by atoms with Crippen LogP contribution in [0.2, 0.25) is 0 Å². The molecule has 0 amide bonds. The van der Waals surface area contributed by atoms with Crippen molar-refractivity contribution in [3.05, 3.63) is 29.1 Å². The molecule has 140 valence electrons. The molecular formula is C21H33FN2O. The summed E-state index contributed by atoms with van der Waals surface area (Å²) in [5.74, 6) is 0.474. The number of rotatable bonds is 5. The van der Waals surface area contributed by atoms with E-state index in [4.69, 9.17) is 10.5 Å². The first kappa shape index (κ1) is 18.7. The SMILES string of the molecule is CCOC1CCC(N2CCC(Cc3cc(C)c(F)cc3N)CC2)CC1. The van der Waals surface area contributed by atoms with Gasteiger partial charge in [-0.1, -0.05) is 6.07 Å². The summed E-state index contributed by atoms with van der Waals surface area (Å²) in [6.45, 7) is 7.13. The Hall–Kier alpha value is -1.13. The lowest BCUT2D eigenvalue weighted by molar-refractivity contribution is 0.00753. The first-order valence-electron chi connectivity index (χ1n) is 9.97. The summed E-state index contributed by atoms with van der Waals surface area (Å²) in [6.07, 6.45) is 8.90. The highest BCUT2D eigenvalue weighted by Crippen LogP contribution is 2.31. The molecule has 0 atom stereocenters. The van der Waals surface area contributed by atoms with Crippen LogP contribution >= 0.6 is 0 Å². The van der Waals surface area contributed by atoms with Crippen molar-refractivity contribution in [2.24, 2.45) is 5.92 Å². The minimum absolute atomic E-state index is 0.196. The maximum atomic E-state index is 13.6. The lowest BCUT2D eigenvalue weighted by Gasteiger charge is -2.40. The van der Waals surface area contributed by atoms with Crippen molar-refractivity contribution in [2.75, 3.05) is 25.4 Å². The molecule has 1 aromatic carbocycles. The van der Waals surface area contributed by atoms with Crippen molar-refractivity contribution in [3.63, 3.8) is 0 Å². The molecule has 0 bridgehead atoms. The minimum Gasteiger partial charge on any atom is -0.398 e. The number of hydrogen-bond acceptors (Lipinski definition) is 3. The number of halogens is 1. The van der Waals surface area contributed by atoms with E-state index >= 15 is 0 Å². The lowest BCUT2D eigenvalue weighted by Crippen LogP contribution is -2.44. The molecule has 1 aromatic rings. The van der Waals surface area contributed by atoms with E-state index in [-0.39, 0.29) is 5.82 Å². The fourth-order valence-corrected chi connectivity index (χ4v) is 4.58. The van der Waals surface area contributed by atoms with Crippen LogP contribution in [0.4, 0.5) is 10.1 Å². The number of aryl methyl sites for hydroxylation is 1. The Labute approximate surface area is 151 Å². The van der Waals surface area contributed by atoms with Gasteiger partial charge in [-0.25, -0.2) is 4.39 Å². The molecule has 4 heteroatoms. The molecule has 0 radical (unpaired) electrons. The second-order valence-electron chi connectivity index (χ2n) is 7.87. The molecule has 1 saturated carbocycles. The summed E-state index contributed by atoms with van der Waals surface area (Å²) in [7, 11) is 0. The lowest BCUT2D eigenvalue weighted by atomic mass is 9.86. The summed E-state index contributed by atoms with van der Waals surface area (Å²) in [5, 5.41) is 0. The van der Waals surface area contributed by atoms with Gasteiger partial charge in [0.1, 0.15) is 5.82 Å². The Morgan fingerprint density at radius 2 is 1.80 bits per heavy atom. The Kier molecular flexibility index (Phi) is 6.34. The van der Waals surface area contributed by atoms with Gasteiger partial charge in [0.25, 0.3) is 0 Å². The zero-order valence-corrected chi connectivity index (χ0v) is 15.8. The first-order valence-corrected chi connectivity index (χ1v) is 9.97. The van der Waals surface area contributed by atoms with Crippen LogP contribution in [0, 0.1) is 18.7 Å². The monoisotopic (exact) mass is 348 g/mol. The van der Waals surface area contributed by atoms with Gasteiger partial charge >= 0.3 is 0 Å². The number of nitrogens with zero attached hydrogens (tertiary/aromatic N) is 1. The van der Waals surface area contributed by atoms with Crippen LogP contribution in [-0.2, 0) is 11.2 Å². The number of anilines is 1. The topological polar surface area (TPSA) is 38.5 Å². The van der Waals surface area contributed by atoms with Gasteiger partial charge in [-0.2, -0.15) is 0 Å². The first-order chi connectivity index (χ1) is 12.1. The minimum atomic E-state index is -0.196. The van der Waals surface area contributed by atoms with Crippen molar-refractivity contribution in [1.29, 1.82) is 0 Å². The van der Waals surface area contributed by atoms with E-state index in [0.29, 0.717) is 23.3 Å². The molecule has 3 nitrogen and oxygen atoms in total. The molecule has 1 saturated heterocycles. The summed E-state index contributed by atoms with van der Waals surface area (Å²) in [4.78, 5) is 2.69. The van der Waals surface area contributed by atoms with Crippen LogP contribution in [0.15, 0.2) is 12.1 Å². The van der Waals surface area contributed by atoms with E-state index < -0.39 is 0 Å². The number of hydrogen-bond donors (Lipinski definition) is 1. The molecule has 2 N–H and O–H groups in total. The molecule has 25 heavy (non-hydrogen) atoms. The van der Waals surface area contributed by atoms with E-state index in [0.717, 1.165) is 24.6 Å². The van der Waals surface area contributed by atoms with Crippen LogP contribution in [0.5, 0.6) is 0 Å². The number of ether oxygens (including phenoxy) is 1. The fraction of sp³-hybridized carbons (Fsp3) is 0.714. The van der Waals surface area contributed by atoms with Gasteiger partial charge in [-0.3, -0.25) is 0 Å². The molecule has 0 unspecified atom stereocenters. The van der Waals surface area contributed by atoms with Gasteiger partial charge in [-0.15, -0.1) is 0 Å². The van der Waals surface area contributed by atoms with E-state index in [1.807, 2.05) is 13.0 Å². The average molecular weight is 349 g/mol. The van der Waals surface area contributed by atoms with E-state index in [2.05, 4.69) is 11.8 Å². The second kappa shape index (κ2) is 8.50. The Bertz CT molecular complexity index is 561. The normalized spacial score (nSPS) is 26.0. The summed E-state index contributed by atoms with van der Waals surface area (Å²) in [5.41, 5.74) is 8.46. The Morgan fingerprint density at radius 3 is 2.44 bits per heavy atom. The second-order valence-corrected chi connectivity index (χ2v) is 7.87. The Morgan fingerprint density at radius 1 is 1.12 bits per heavy atom. The highest BCUT2D eigenvalue weighted by molar-refractivity contribution is 5.49. The number of benzene rings is 1. The van der Waals surface area contributed by atoms with Crippen LogP contribution in [0.1, 0.15) is 56.6 Å². The smallest absolute Gasteiger partial charge is 0.128 e. The van der Waals surface area contributed by atoms with Crippen molar-refractivity contribution in [1.82, 2.24) is 4.90 Å². The predicted molar refractivity (Wildman–Crippen MR) is 101 cm³/mol. The van der Waals surface area contributed by atoms with Crippen molar-refractivity contribution in [3.8, 4) is 0 Å². The van der Waals surface area contributed by atoms with Gasteiger partial charge in [-0.05, 0) is 95.0 Å². The van der Waals surface area contributed by atoms with E-state index in [1.165, 1.54) is 57.7 Å². The van der Waals surface area contributed by atoms with E-state index in [9.17, 15) is 4.39 Å². The Balaban J connectivity index is 1.47. The molecule has 1 aliphatic heterocycles. The highest BCUT2D eigenvalue weighted by Gasteiger charge is 2.29. The maximum absolute atomic E-state index is 13.6. The largest absolute Gasteiger partial charge is 0.398 e.